The maximum atomic E-state index is 12.9. The lowest BCUT2D eigenvalue weighted by Crippen LogP contribution is -2.38. The first-order valence-electron chi connectivity index (χ1n) is 12.2. The number of hydrogen-bond donors (Lipinski definition) is 8. The number of aromatic amines is 2. The molecule has 38 heavy (non-hydrogen) atoms. The lowest BCUT2D eigenvalue weighted by Gasteiger charge is -2.07. The number of rotatable bonds is 10. The third kappa shape index (κ3) is 6.28. The Hall–Kier alpha value is -4.84. The summed E-state index contributed by atoms with van der Waals surface area (Å²) in [6.07, 6.45) is 0.702. The van der Waals surface area contributed by atoms with Gasteiger partial charge in [0.1, 0.15) is 11.4 Å². The molecule has 12 nitrogen and oxygen atoms in total. The average molecular weight is 518 g/mol. The standard InChI is InChI=1S/C26H31N9O3/c1-29-26(28)32-10-9-31-23(36)15-3-5-19-16(11-15)13-22(35-19)25(38)33-18-4-6-20-17(12-18)14-21(34-20)24(37)30-8-2-7-27/h3-6,11-14,34-35H,2,7-10,27H2,1H3,(H,30,37)(H,31,36)(H,33,38)(H3,28,29,32). The predicted octanol–water partition coefficient (Wildman–Crippen LogP) is 1.24. The largest absolute Gasteiger partial charge is 0.370 e. The van der Waals surface area contributed by atoms with Gasteiger partial charge in [0.2, 0.25) is 0 Å². The van der Waals surface area contributed by atoms with Crippen molar-refractivity contribution >= 4 is 51.2 Å². The molecule has 12 heteroatoms. The van der Waals surface area contributed by atoms with Crippen molar-refractivity contribution in [1.29, 1.82) is 0 Å². The van der Waals surface area contributed by atoms with E-state index in [0.717, 1.165) is 21.8 Å². The molecule has 0 bridgehead atoms. The normalized spacial score (nSPS) is 11.5. The highest BCUT2D eigenvalue weighted by Gasteiger charge is 2.14. The number of amides is 3. The molecule has 0 atom stereocenters. The predicted molar refractivity (Wildman–Crippen MR) is 148 cm³/mol. The number of carbonyl (C=O) groups excluding carboxylic acids is 3. The maximum absolute atomic E-state index is 12.9. The third-order valence-corrected chi connectivity index (χ3v) is 5.87. The number of nitrogens with zero attached hydrogens (tertiary/aromatic N) is 1. The van der Waals surface area contributed by atoms with Crippen LogP contribution in [0.5, 0.6) is 0 Å². The monoisotopic (exact) mass is 517 g/mol. The van der Waals surface area contributed by atoms with E-state index in [0.29, 0.717) is 61.2 Å². The van der Waals surface area contributed by atoms with E-state index in [4.69, 9.17) is 11.5 Å². The maximum Gasteiger partial charge on any atom is 0.272 e. The van der Waals surface area contributed by atoms with Gasteiger partial charge < -0.3 is 42.7 Å². The summed E-state index contributed by atoms with van der Waals surface area (Å²) in [4.78, 5) is 47.7. The fourth-order valence-electron chi connectivity index (χ4n) is 3.87. The zero-order chi connectivity index (χ0) is 27.1. The molecule has 198 valence electrons. The molecule has 4 rings (SSSR count). The topological polar surface area (TPSA) is 195 Å². The highest BCUT2D eigenvalue weighted by molar-refractivity contribution is 6.08. The van der Waals surface area contributed by atoms with Crippen LogP contribution in [0, 0.1) is 0 Å². The van der Waals surface area contributed by atoms with Crippen LogP contribution in [-0.4, -0.2) is 66.9 Å². The zero-order valence-corrected chi connectivity index (χ0v) is 21.0. The molecule has 3 amide bonds. The second-order valence-corrected chi connectivity index (χ2v) is 8.61. The van der Waals surface area contributed by atoms with Crippen LogP contribution in [0.1, 0.15) is 37.8 Å². The number of nitrogens with two attached hydrogens (primary N) is 2. The van der Waals surface area contributed by atoms with Crippen LogP contribution in [0.4, 0.5) is 5.69 Å². The molecule has 0 saturated carbocycles. The van der Waals surface area contributed by atoms with Gasteiger partial charge in [0.05, 0.1) is 0 Å². The Kier molecular flexibility index (Phi) is 8.23. The van der Waals surface area contributed by atoms with Crippen LogP contribution in [0.2, 0.25) is 0 Å². The highest BCUT2D eigenvalue weighted by atomic mass is 16.2. The van der Waals surface area contributed by atoms with Crippen LogP contribution in [0.3, 0.4) is 0 Å². The Bertz CT molecular complexity index is 1500. The second kappa shape index (κ2) is 11.9. The molecule has 0 aliphatic rings. The highest BCUT2D eigenvalue weighted by Crippen LogP contribution is 2.22. The van der Waals surface area contributed by atoms with Crippen molar-refractivity contribution in [3.8, 4) is 0 Å². The van der Waals surface area contributed by atoms with Gasteiger partial charge in [0, 0.05) is 59.7 Å². The van der Waals surface area contributed by atoms with Crippen molar-refractivity contribution in [3.63, 3.8) is 0 Å². The summed E-state index contributed by atoms with van der Waals surface area (Å²) >= 11 is 0. The first-order valence-corrected chi connectivity index (χ1v) is 12.2. The number of H-pyrrole nitrogens is 2. The van der Waals surface area contributed by atoms with Crippen LogP contribution in [0.15, 0.2) is 53.5 Å². The Morgan fingerprint density at radius 2 is 1.42 bits per heavy atom. The number of benzene rings is 2. The van der Waals surface area contributed by atoms with E-state index < -0.39 is 0 Å². The smallest absolute Gasteiger partial charge is 0.272 e. The Morgan fingerprint density at radius 1 is 0.789 bits per heavy atom. The summed E-state index contributed by atoms with van der Waals surface area (Å²) in [5, 5.41) is 12.9. The van der Waals surface area contributed by atoms with E-state index in [-0.39, 0.29) is 17.7 Å². The van der Waals surface area contributed by atoms with Gasteiger partial charge >= 0.3 is 0 Å². The summed E-state index contributed by atoms with van der Waals surface area (Å²) < 4.78 is 0. The number of nitrogens with one attached hydrogen (secondary N) is 6. The summed E-state index contributed by atoms with van der Waals surface area (Å²) in [5.74, 6) is -0.472. The van der Waals surface area contributed by atoms with Crippen molar-refractivity contribution < 1.29 is 14.4 Å². The van der Waals surface area contributed by atoms with Crippen LogP contribution in [0.25, 0.3) is 21.8 Å². The molecule has 0 fully saturated rings. The molecule has 0 radical (unpaired) electrons. The molecule has 0 unspecified atom stereocenters. The summed E-state index contributed by atoms with van der Waals surface area (Å²) in [5.41, 5.74) is 14.4. The van der Waals surface area contributed by atoms with E-state index >= 15 is 0 Å². The molecule has 0 aliphatic heterocycles. The quantitative estimate of drug-likeness (QED) is 0.0885. The van der Waals surface area contributed by atoms with Crippen molar-refractivity contribution in [2.75, 3.05) is 38.5 Å². The molecular formula is C26H31N9O3. The number of aliphatic imine (C=N–C) groups is 1. The average Bonchev–Trinajstić information content (AvgIpc) is 3.54. The van der Waals surface area contributed by atoms with Gasteiger partial charge in [-0.05, 0) is 61.5 Å². The van der Waals surface area contributed by atoms with Crippen molar-refractivity contribution in [1.82, 2.24) is 25.9 Å². The Labute approximate surface area is 218 Å². The van der Waals surface area contributed by atoms with Gasteiger partial charge in [-0.3, -0.25) is 19.4 Å². The Balaban J connectivity index is 1.40. The molecule has 2 heterocycles. The minimum Gasteiger partial charge on any atom is -0.370 e. The first-order chi connectivity index (χ1) is 18.4. The van der Waals surface area contributed by atoms with E-state index in [9.17, 15) is 14.4 Å². The van der Waals surface area contributed by atoms with Gasteiger partial charge in [0.15, 0.2) is 5.96 Å². The van der Waals surface area contributed by atoms with Crippen molar-refractivity contribution in [2.45, 2.75) is 6.42 Å². The van der Waals surface area contributed by atoms with Crippen LogP contribution < -0.4 is 32.7 Å². The van der Waals surface area contributed by atoms with Crippen LogP contribution in [-0.2, 0) is 0 Å². The number of carbonyl (C=O) groups is 3. The molecular weight excluding hydrogens is 486 g/mol. The number of anilines is 1. The molecule has 2 aromatic heterocycles. The van der Waals surface area contributed by atoms with E-state index in [1.54, 1.807) is 55.6 Å². The fraction of sp³-hybridized carbons (Fsp3) is 0.231. The number of guanidine groups is 1. The SMILES string of the molecule is CN=C(N)NCCNC(=O)c1ccc2[nH]c(C(=O)Nc3ccc4[nH]c(C(=O)NCCCN)cc4c3)cc2c1. The fourth-order valence-corrected chi connectivity index (χ4v) is 3.87. The molecule has 0 saturated heterocycles. The summed E-state index contributed by atoms with van der Waals surface area (Å²) in [7, 11) is 1.58. The molecule has 0 aliphatic carbocycles. The molecule has 2 aromatic carbocycles. The van der Waals surface area contributed by atoms with Crippen molar-refractivity contribution in [2.24, 2.45) is 16.5 Å². The summed E-state index contributed by atoms with van der Waals surface area (Å²) in [6.45, 7) is 1.83. The first kappa shape index (κ1) is 26.2. The van der Waals surface area contributed by atoms with E-state index in [1.807, 2.05) is 0 Å². The minimum absolute atomic E-state index is 0.210. The lowest BCUT2D eigenvalue weighted by atomic mass is 10.1. The number of aromatic nitrogens is 2. The zero-order valence-electron chi connectivity index (χ0n) is 21.0. The minimum atomic E-state index is -0.330. The lowest BCUT2D eigenvalue weighted by molar-refractivity contribution is 0.0943. The molecule has 10 N–H and O–H groups in total. The summed E-state index contributed by atoms with van der Waals surface area (Å²) in [6, 6.07) is 13.9. The van der Waals surface area contributed by atoms with Crippen LogP contribution >= 0.6 is 0 Å². The third-order valence-electron chi connectivity index (χ3n) is 5.87. The van der Waals surface area contributed by atoms with Gasteiger partial charge in [-0.1, -0.05) is 0 Å². The number of fused-ring (bicyclic) bond motifs is 2. The van der Waals surface area contributed by atoms with Gasteiger partial charge in [-0.2, -0.15) is 0 Å². The molecule has 4 aromatic rings. The van der Waals surface area contributed by atoms with Gasteiger partial charge in [-0.15, -0.1) is 0 Å². The van der Waals surface area contributed by atoms with Gasteiger partial charge in [0.25, 0.3) is 17.7 Å². The molecule has 0 spiro atoms. The van der Waals surface area contributed by atoms with Gasteiger partial charge in [-0.25, -0.2) is 0 Å². The van der Waals surface area contributed by atoms with E-state index in [1.165, 1.54) is 0 Å². The second-order valence-electron chi connectivity index (χ2n) is 8.61. The number of hydrogen-bond acceptors (Lipinski definition) is 5. The van der Waals surface area contributed by atoms with E-state index in [2.05, 4.69) is 36.2 Å². The van der Waals surface area contributed by atoms with Crippen molar-refractivity contribution in [3.05, 3.63) is 65.5 Å². The Morgan fingerprint density at radius 3 is 2.13 bits per heavy atom.